The van der Waals surface area contributed by atoms with Gasteiger partial charge in [-0.3, -0.25) is 5.32 Å². The van der Waals surface area contributed by atoms with E-state index in [2.05, 4.69) is 22.2 Å². The van der Waals surface area contributed by atoms with Crippen LogP contribution in [0.2, 0.25) is 0 Å². The van der Waals surface area contributed by atoms with E-state index < -0.39 is 5.82 Å². The maximum absolute atomic E-state index is 12.8. The smallest absolute Gasteiger partial charge is 0.323 e. The lowest BCUT2D eigenvalue weighted by Crippen LogP contribution is -2.45. The molecule has 0 spiro atoms. The SMILES string of the molecule is C[C@H]1CCN(C(=O)Nc2ccc(F)cn2)C[C@H]1n1ccnc1. The summed E-state index contributed by atoms with van der Waals surface area (Å²) in [7, 11) is 0. The Kier molecular flexibility index (Phi) is 4.04. The second-order valence-electron chi connectivity index (χ2n) is 5.58. The summed E-state index contributed by atoms with van der Waals surface area (Å²) in [5.41, 5.74) is 0. The Balaban J connectivity index is 1.66. The van der Waals surface area contributed by atoms with Gasteiger partial charge < -0.3 is 9.47 Å². The van der Waals surface area contributed by atoms with Gasteiger partial charge in [0.1, 0.15) is 11.6 Å². The molecule has 1 saturated heterocycles. The first kappa shape index (κ1) is 14.5. The number of anilines is 1. The Bertz CT molecular complexity index is 628. The zero-order chi connectivity index (χ0) is 15.5. The number of pyridine rings is 1. The van der Waals surface area contributed by atoms with Gasteiger partial charge in [0.15, 0.2) is 0 Å². The summed E-state index contributed by atoms with van der Waals surface area (Å²) in [6, 6.07) is 2.72. The number of hydrogen-bond acceptors (Lipinski definition) is 3. The molecule has 1 aliphatic rings. The minimum absolute atomic E-state index is 0.211. The monoisotopic (exact) mass is 303 g/mol. The van der Waals surface area contributed by atoms with Crippen LogP contribution in [0, 0.1) is 11.7 Å². The largest absolute Gasteiger partial charge is 0.332 e. The van der Waals surface area contributed by atoms with E-state index in [1.165, 1.54) is 12.1 Å². The molecule has 2 amide bonds. The van der Waals surface area contributed by atoms with Crippen molar-refractivity contribution in [2.24, 2.45) is 5.92 Å². The normalized spacial score (nSPS) is 21.6. The molecule has 2 aromatic heterocycles. The Labute approximate surface area is 128 Å². The van der Waals surface area contributed by atoms with Gasteiger partial charge >= 0.3 is 6.03 Å². The maximum atomic E-state index is 12.8. The highest BCUT2D eigenvalue weighted by Crippen LogP contribution is 2.27. The molecule has 6 nitrogen and oxygen atoms in total. The number of halogens is 1. The number of nitrogens with zero attached hydrogens (tertiary/aromatic N) is 4. The first-order chi connectivity index (χ1) is 10.6. The number of aromatic nitrogens is 3. The lowest BCUT2D eigenvalue weighted by atomic mass is 9.93. The average molecular weight is 303 g/mol. The van der Waals surface area contributed by atoms with Crippen LogP contribution >= 0.6 is 0 Å². The van der Waals surface area contributed by atoms with Crippen molar-refractivity contribution in [1.82, 2.24) is 19.4 Å². The number of hydrogen-bond donors (Lipinski definition) is 1. The van der Waals surface area contributed by atoms with Gasteiger partial charge in [0.25, 0.3) is 0 Å². The molecule has 2 aromatic rings. The molecule has 0 aromatic carbocycles. The molecule has 1 aliphatic heterocycles. The van der Waals surface area contributed by atoms with Gasteiger partial charge in [0.05, 0.1) is 18.6 Å². The van der Waals surface area contributed by atoms with Crippen LogP contribution < -0.4 is 5.32 Å². The minimum Gasteiger partial charge on any atom is -0.332 e. The molecule has 0 unspecified atom stereocenters. The number of rotatable bonds is 2. The quantitative estimate of drug-likeness (QED) is 0.927. The summed E-state index contributed by atoms with van der Waals surface area (Å²) >= 11 is 0. The third kappa shape index (κ3) is 3.08. The van der Waals surface area contributed by atoms with Gasteiger partial charge in [0, 0.05) is 25.5 Å². The van der Waals surface area contributed by atoms with Crippen LogP contribution in [-0.4, -0.2) is 38.6 Å². The van der Waals surface area contributed by atoms with Crippen molar-refractivity contribution in [3.8, 4) is 0 Å². The molecule has 3 heterocycles. The average Bonchev–Trinajstić information content (AvgIpc) is 3.04. The van der Waals surface area contributed by atoms with Gasteiger partial charge in [0.2, 0.25) is 0 Å². The molecule has 0 radical (unpaired) electrons. The van der Waals surface area contributed by atoms with Crippen molar-refractivity contribution < 1.29 is 9.18 Å². The number of amides is 2. The van der Waals surface area contributed by atoms with Gasteiger partial charge in [-0.05, 0) is 24.5 Å². The second kappa shape index (κ2) is 6.13. The number of imidazole rings is 1. The van der Waals surface area contributed by atoms with E-state index >= 15 is 0 Å². The minimum atomic E-state index is -0.426. The first-order valence-electron chi connectivity index (χ1n) is 7.28. The van der Waals surface area contributed by atoms with Crippen LogP contribution in [0.25, 0.3) is 0 Å². The van der Waals surface area contributed by atoms with Crippen molar-refractivity contribution in [2.45, 2.75) is 19.4 Å². The van der Waals surface area contributed by atoms with Crippen molar-refractivity contribution in [3.05, 3.63) is 42.9 Å². The Morgan fingerprint density at radius 1 is 1.45 bits per heavy atom. The first-order valence-corrected chi connectivity index (χ1v) is 7.28. The third-order valence-electron chi connectivity index (χ3n) is 4.08. The number of carbonyl (C=O) groups excluding carboxylic acids is 1. The molecular weight excluding hydrogens is 285 g/mol. The molecule has 0 aliphatic carbocycles. The highest BCUT2D eigenvalue weighted by molar-refractivity contribution is 5.88. The highest BCUT2D eigenvalue weighted by Gasteiger charge is 2.29. The fourth-order valence-corrected chi connectivity index (χ4v) is 2.73. The summed E-state index contributed by atoms with van der Waals surface area (Å²) in [5, 5.41) is 2.70. The zero-order valence-corrected chi connectivity index (χ0v) is 12.3. The van der Waals surface area contributed by atoms with Gasteiger partial charge in [-0.1, -0.05) is 6.92 Å². The molecule has 116 valence electrons. The van der Waals surface area contributed by atoms with Crippen LogP contribution in [-0.2, 0) is 0 Å². The van der Waals surface area contributed by atoms with E-state index in [-0.39, 0.29) is 12.1 Å². The van der Waals surface area contributed by atoms with Crippen molar-refractivity contribution in [1.29, 1.82) is 0 Å². The van der Waals surface area contributed by atoms with Crippen LogP contribution in [0.3, 0.4) is 0 Å². The molecule has 1 fully saturated rings. The van der Waals surface area contributed by atoms with Gasteiger partial charge in [-0.2, -0.15) is 0 Å². The topological polar surface area (TPSA) is 63.1 Å². The van der Waals surface area contributed by atoms with E-state index in [4.69, 9.17) is 0 Å². The number of nitrogens with one attached hydrogen (secondary N) is 1. The maximum Gasteiger partial charge on any atom is 0.323 e. The fourth-order valence-electron chi connectivity index (χ4n) is 2.73. The Morgan fingerprint density at radius 3 is 3.00 bits per heavy atom. The highest BCUT2D eigenvalue weighted by atomic mass is 19.1. The van der Waals surface area contributed by atoms with Gasteiger partial charge in [-0.25, -0.2) is 19.2 Å². The lowest BCUT2D eigenvalue weighted by molar-refractivity contribution is 0.149. The van der Waals surface area contributed by atoms with Gasteiger partial charge in [-0.15, -0.1) is 0 Å². The zero-order valence-electron chi connectivity index (χ0n) is 12.3. The van der Waals surface area contributed by atoms with E-state index in [1.54, 1.807) is 17.4 Å². The predicted molar refractivity (Wildman–Crippen MR) is 79.8 cm³/mol. The second-order valence-corrected chi connectivity index (χ2v) is 5.58. The number of likely N-dealkylation sites (tertiary alicyclic amines) is 1. The molecular formula is C15H18FN5O. The van der Waals surface area contributed by atoms with Crippen molar-refractivity contribution in [2.75, 3.05) is 18.4 Å². The summed E-state index contributed by atoms with van der Waals surface area (Å²) in [4.78, 5) is 22.0. The fraction of sp³-hybridized carbons (Fsp3) is 0.400. The molecule has 0 saturated carbocycles. The van der Waals surface area contributed by atoms with E-state index in [1.807, 2.05) is 10.8 Å². The van der Waals surface area contributed by atoms with E-state index in [0.717, 1.165) is 12.6 Å². The molecule has 2 atom stereocenters. The summed E-state index contributed by atoms with van der Waals surface area (Å²) in [6.45, 7) is 3.49. The molecule has 22 heavy (non-hydrogen) atoms. The third-order valence-corrected chi connectivity index (χ3v) is 4.08. The van der Waals surface area contributed by atoms with Crippen LogP contribution in [0.5, 0.6) is 0 Å². The van der Waals surface area contributed by atoms with Crippen molar-refractivity contribution >= 4 is 11.8 Å². The molecule has 1 N–H and O–H groups in total. The van der Waals surface area contributed by atoms with E-state index in [0.29, 0.717) is 24.8 Å². The van der Waals surface area contributed by atoms with E-state index in [9.17, 15) is 9.18 Å². The number of piperidine rings is 1. The number of urea groups is 1. The molecule has 7 heteroatoms. The molecule has 3 rings (SSSR count). The molecule has 0 bridgehead atoms. The van der Waals surface area contributed by atoms with Crippen LogP contribution in [0.15, 0.2) is 37.1 Å². The van der Waals surface area contributed by atoms with Crippen LogP contribution in [0.1, 0.15) is 19.4 Å². The standard InChI is InChI=1S/C15H18FN5O/c1-11-4-6-20(9-13(11)21-7-5-17-10-21)15(22)19-14-3-2-12(16)8-18-14/h2-3,5,7-8,10-11,13H,4,6,9H2,1H3,(H,18,19,22)/t11-,13+/m0/s1. The summed E-state index contributed by atoms with van der Waals surface area (Å²) in [5.74, 6) is 0.399. The Hall–Kier alpha value is -2.44. The summed E-state index contributed by atoms with van der Waals surface area (Å²) in [6.07, 6.45) is 7.46. The number of carbonyl (C=O) groups is 1. The Morgan fingerprint density at radius 2 is 2.32 bits per heavy atom. The lowest BCUT2D eigenvalue weighted by Gasteiger charge is -2.37. The predicted octanol–water partition coefficient (Wildman–Crippen LogP) is 2.53. The van der Waals surface area contributed by atoms with Crippen LogP contribution in [0.4, 0.5) is 15.0 Å². The summed E-state index contributed by atoms with van der Waals surface area (Å²) < 4.78 is 14.9. The van der Waals surface area contributed by atoms with Crippen molar-refractivity contribution in [3.63, 3.8) is 0 Å².